The minimum atomic E-state index is -0.0477. The smallest absolute Gasteiger partial charge is 0.317 e. The van der Waals surface area contributed by atoms with E-state index in [9.17, 15) is 9.59 Å². The van der Waals surface area contributed by atoms with Crippen LogP contribution in [0.2, 0.25) is 0 Å². The molecule has 2 amide bonds. The molecular formula is C30H34N5O2S+. The number of anilines is 2. The van der Waals surface area contributed by atoms with Crippen molar-refractivity contribution < 1.29 is 14.2 Å². The molecule has 2 N–H and O–H groups in total. The maximum Gasteiger partial charge on any atom is 0.317 e. The third kappa shape index (κ3) is 6.02. The van der Waals surface area contributed by atoms with Crippen LogP contribution in [0.25, 0.3) is 11.0 Å². The molecule has 1 aliphatic rings. The molecule has 7 nitrogen and oxygen atoms in total. The number of hydrogen-bond acceptors (Lipinski definition) is 4. The molecule has 1 saturated heterocycles. The van der Waals surface area contributed by atoms with Gasteiger partial charge < -0.3 is 15.1 Å². The zero-order valence-corrected chi connectivity index (χ0v) is 22.7. The summed E-state index contributed by atoms with van der Waals surface area (Å²) in [6, 6.07) is 26.5. The fourth-order valence-electron chi connectivity index (χ4n) is 4.78. The molecule has 0 atom stereocenters. The third-order valence-electron chi connectivity index (χ3n) is 6.81. The molecule has 0 aliphatic carbocycles. The van der Waals surface area contributed by atoms with Crippen LogP contribution in [0.5, 0.6) is 0 Å². The maximum absolute atomic E-state index is 12.8. The van der Waals surface area contributed by atoms with E-state index in [1.807, 2.05) is 73.3 Å². The number of benzene rings is 3. The Morgan fingerprint density at radius 3 is 2.32 bits per heavy atom. The highest BCUT2D eigenvalue weighted by Gasteiger charge is 2.23. The van der Waals surface area contributed by atoms with Gasteiger partial charge in [-0.15, -0.1) is 0 Å². The van der Waals surface area contributed by atoms with Gasteiger partial charge in [0.1, 0.15) is 6.54 Å². The van der Waals surface area contributed by atoms with Crippen molar-refractivity contribution in [2.24, 2.45) is 5.92 Å². The zero-order valence-electron chi connectivity index (χ0n) is 21.9. The second kappa shape index (κ2) is 11.7. The van der Waals surface area contributed by atoms with Gasteiger partial charge in [0.25, 0.3) is 0 Å². The topological polar surface area (TPSA) is 72.3 Å². The van der Waals surface area contributed by atoms with E-state index in [-0.39, 0.29) is 17.7 Å². The number of piperazine rings is 1. The summed E-state index contributed by atoms with van der Waals surface area (Å²) >= 11 is 1.50. The number of H-pyrrole nitrogens is 1. The van der Waals surface area contributed by atoms with Crippen LogP contribution < -0.4 is 14.8 Å². The molecule has 2 heterocycles. The van der Waals surface area contributed by atoms with Gasteiger partial charge in [-0.05, 0) is 53.7 Å². The SMILES string of the molecule is CC(C)C(=O)N1CCN(c2ccc(NC(=O)CSc3[nH]c4ccccc4[n+]3Cc3ccccc3)cc2)CC1. The van der Waals surface area contributed by atoms with E-state index in [2.05, 4.69) is 44.0 Å². The highest BCUT2D eigenvalue weighted by molar-refractivity contribution is 7.99. The Balaban J connectivity index is 1.18. The minimum Gasteiger partial charge on any atom is -0.368 e. The summed E-state index contributed by atoms with van der Waals surface area (Å²) in [5.74, 6) is 0.509. The summed E-state index contributed by atoms with van der Waals surface area (Å²) in [6.45, 7) is 7.74. The summed E-state index contributed by atoms with van der Waals surface area (Å²) in [4.78, 5) is 32.8. The largest absolute Gasteiger partial charge is 0.368 e. The second-order valence-corrected chi connectivity index (χ2v) is 10.8. The number of fused-ring (bicyclic) bond motifs is 1. The number of imidazole rings is 1. The van der Waals surface area contributed by atoms with Crippen molar-refractivity contribution in [1.82, 2.24) is 9.88 Å². The van der Waals surface area contributed by atoms with E-state index in [0.29, 0.717) is 5.75 Å². The number of aromatic amines is 1. The van der Waals surface area contributed by atoms with Crippen molar-refractivity contribution in [2.75, 3.05) is 42.1 Å². The highest BCUT2D eigenvalue weighted by Crippen LogP contribution is 2.22. The first-order valence-electron chi connectivity index (χ1n) is 13.1. The number of nitrogens with zero attached hydrogens (tertiary/aromatic N) is 3. The molecule has 8 heteroatoms. The van der Waals surface area contributed by atoms with E-state index in [1.165, 1.54) is 17.3 Å². The number of hydrogen-bond donors (Lipinski definition) is 2. The van der Waals surface area contributed by atoms with Gasteiger partial charge in [0.05, 0.1) is 5.75 Å². The van der Waals surface area contributed by atoms with E-state index in [0.717, 1.165) is 60.3 Å². The lowest BCUT2D eigenvalue weighted by Crippen LogP contribution is -2.49. The van der Waals surface area contributed by atoms with Gasteiger partial charge in [0.15, 0.2) is 11.0 Å². The minimum absolute atomic E-state index is 0.0349. The molecule has 5 rings (SSSR count). The number of carbonyl (C=O) groups excluding carboxylic acids is 2. The van der Waals surface area contributed by atoms with Crippen LogP contribution in [0.15, 0.2) is 84.0 Å². The number of rotatable bonds is 8. The Morgan fingerprint density at radius 2 is 1.61 bits per heavy atom. The summed E-state index contributed by atoms with van der Waals surface area (Å²) in [7, 11) is 0. The maximum atomic E-state index is 12.8. The van der Waals surface area contributed by atoms with E-state index in [1.54, 1.807) is 0 Å². The van der Waals surface area contributed by atoms with Crippen molar-refractivity contribution in [3.63, 3.8) is 0 Å². The first-order valence-corrected chi connectivity index (χ1v) is 14.1. The van der Waals surface area contributed by atoms with Crippen LogP contribution in [-0.2, 0) is 16.1 Å². The quantitative estimate of drug-likeness (QED) is 0.260. The van der Waals surface area contributed by atoms with Crippen molar-refractivity contribution >= 4 is 46.0 Å². The summed E-state index contributed by atoms with van der Waals surface area (Å²) < 4.78 is 2.23. The predicted molar refractivity (Wildman–Crippen MR) is 153 cm³/mol. The monoisotopic (exact) mass is 528 g/mol. The predicted octanol–water partition coefficient (Wildman–Crippen LogP) is 4.54. The molecule has 0 spiro atoms. The van der Waals surface area contributed by atoms with Crippen LogP contribution in [-0.4, -0.2) is 53.6 Å². The molecule has 1 fully saturated rings. The molecule has 3 aromatic carbocycles. The number of nitrogens with one attached hydrogen (secondary N) is 2. The average Bonchev–Trinajstić information content (AvgIpc) is 3.29. The molecule has 0 radical (unpaired) electrons. The van der Waals surface area contributed by atoms with Crippen LogP contribution in [0.1, 0.15) is 19.4 Å². The second-order valence-electron chi connectivity index (χ2n) is 9.87. The number of thioether (sulfide) groups is 1. The van der Waals surface area contributed by atoms with Gasteiger partial charge >= 0.3 is 5.16 Å². The molecule has 0 bridgehead atoms. The fourth-order valence-corrected chi connectivity index (χ4v) is 5.62. The van der Waals surface area contributed by atoms with Gasteiger partial charge in [0, 0.05) is 43.5 Å². The third-order valence-corrected chi connectivity index (χ3v) is 7.81. The lowest BCUT2D eigenvalue weighted by atomic mass is 10.1. The molecular weight excluding hydrogens is 494 g/mol. The Kier molecular flexibility index (Phi) is 7.98. The lowest BCUT2D eigenvalue weighted by molar-refractivity contribution is -0.700. The summed E-state index contributed by atoms with van der Waals surface area (Å²) in [6.07, 6.45) is 0. The van der Waals surface area contributed by atoms with Gasteiger partial charge in [-0.25, -0.2) is 9.55 Å². The van der Waals surface area contributed by atoms with E-state index >= 15 is 0 Å². The first-order chi connectivity index (χ1) is 18.5. The zero-order chi connectivity index (χ0) is 26.5. The number of para-hydroxylation sites is 2. The normalized spacial score (nSPS) is 13.8. The van der Waals surface area contributed by atoms with E-state index < -0.39 is 0 Å². The van der Waals surface area contributed by atoms with Gasteiger partial charge in [-0.2, -0.15) is 0 Å². The highest BCUT2D eigenvalue weighted by atomic mass is 32.2. The number of carbonyl (C=O) groups is 2. The van der Waals surface area contributed by atoms with Gasteiger partial charge in [-0.3, -0.25) is 9.59 Å². The first kappa shape index (κ1) is 25.9. The van der Waals surface area contributed by atoms with Crippen molar-refractivity contribution in [1.29, 1.82) is 0 Å². The lowest BCUT2D eigenvalue weighted by Gasteiger charge is -2.37. The van der Waals surface area contributed by atoms with Crippen molar-refractivity contribution in [2.45, 2.75) is 25.5 Å². The molecule has 1 aliphatic heterocycles. The Bertz CT molecular complexity index is 1390. The Morgan fingerprint density at radius 1 is 0.921 bits per heavy atom. The molecule has 0 unspecified atom stereocenters. The molecule has 4 aromatic rings. The van der Waals surface area contributed by atoms with Crippen LogP contribution in [0.4, 0.5) is 11.4 Å². The molecule has 196 valence electrons. The van der Waals surface area contributed by atoms with Gasteiger partial charge in [0.2, 0.25) is 11.8 Å². The molecule has 1 aromatic heterocycles. The molecule has 38 heavy (non-hydrogen) atoms. The standard InChI is InChI=1S/C30H33N5O2S/c1-22(2)29(37)34-18-16-33(17-19-34)25-14-12-24(13-15-25)31-28(36)21-38-30-32-26-10-6-7-11-27(26)35(30)20-23-8-4-3-5-9-23/h3-15,22H,16-21H2,1-2H3,(H,31,36)/p+1. The van der Waals surface area contributed by atoms with Crippen molar-refractivity contribution in [3.8, 4) is 0 Å². The van der Waals surface area contributed by atoms with Gasteiger partial charge in [-0.1, -0.05) is 56.3 Å². The number of aromatic nitrogens is 2. The van der Waals surface area contributed by atoms with Crippen LogP contribution >= 0.6 is 11.8 Å². The number of amides is 2. The van der Waals surface area contributed by atoms with Crippen LogP contribution in [0, 0.1) is 5.92 Å². The Labute approximate surface area is 227 Å². The van der Waals surface area contributed by atoms with Crippen molar-refractivity contribution in [3.05, 3.63) is 84.4 Å². The average molecular weight is 529 g/mol. The summed E-state index contributed by atoms with van der Waals surface area (Å²) in [5.41, 5.74) is 5.26. The summed E-state index contributed by atoms with van der Waals surface area (Å²) in [5, 5.41) is 3.98. The Hall–Kier alpha value is -3.78. The fraction of sp³-hybridized carbons (Fsp3) is 0.300. The van der Waals surface area contributed by atoms with E-state index in [4.69, 9.17) is 0 Å². The van der Waals surface area contributed by atoms with Crippen LogP contribution in [0.3, 0.4) is 0 Å². The molecule has 0 saturated carbocycles.